The molecule has 8 heteroatoms. The van der Waals surface area contributed by atoms with Gasteiger partial charge in [-0.05, 0) is 31.2 Å². The van der Waals surface area contributed by atoms with Gasteiger partial charge in [-0.1, -0.05) is 0 Å². The van der Waals surface area contributed by atoms with Crippen molar-refractivity contribution in [3.8, 4) is 0 Å². The minimum Gasteiger partial charge on any atom is -0.467 e. The Labute approximate surface area is 149 Å². The number of carbonyl (C=O) groups excluding carboxylic acids is 2. The lowest BCUT2D eigenvalue weighted by molar-refractivity contribution is -0.139. The summed E-state index contributed by atoms with van der Waals surface area (Å²) >= 11 is 1.21. The summed E-state index contributed by atoms with van der Waals surface area (Å²) in [4.78, 5) is 24.0. The highest BCUT2D eigenvalue weighted by Gasteiger charge is 2.35. The van der Waals surface area contributed by atoms with E-state index in [1.54, 1.807) is 31.6 Å². The Morgan fingerprint density at radius 2 is 2.08 bits per heavy atom. The molecule has 0 unspecified atom stereocenters. The maximum Gasteiger partial charge on any atom is 0.315 e. The number of hydrazone groups is 1. The highest BCUT2D eigenvalue weighted by Crippen LogP contribution is 2.33. The third-order valence-electron chi connectivity index (χ3n) is 3.59. The minimum atomic E-state index is -0.330. The maximum atomic E-state index is 12.6. The van der Waals surface area contributed by atoms with Gasteiger partial charge in [0.15, 0.2) is 0 Å². The van der Waals surface area contributed by atoms with Gasteiger partial charge in [0, 0.05) is 6.42 Å². The van der Waals surface area contributed by atoms with Gasteiger partial charge in [0.1, 0.15) is 23.3 Å². The third kappa shape index (κ3) is 4.14. The second-order valence-corrected chi connectivity index (χ2v) is 6.28. The van der Waals surface area contributed by atoms with Crippen molar-refractivity contribution in [3.05, 3.63) is 48.3 Å². The van der Waals surface area contributed by atoms with Crippen LogP contribution in [-0.4, -0.2) is 40.7 Å². The first kappa shape index (κ1) is 17.3. The SMILES string of the molecule is CCOC(=O)CSCC(=O)N1N=C(c2ccco2)C[C@H]1c1ccco1. The Hall–Kier alpha value is -2.48. The molecule has 0 saturated carbocycles. The molecule has 1 amide bonds. The van der Waals surface area contributed by atoms with Crippen molar-refractivity contribution in [3.63, 3.8) is 0 Å². The average molecular weight is 362 g/mol. The number of ether oxygens (including phenoxy) is 1. The largest absolute Gasteiger partial charge is 0.467 e. The molecule has 2 aromatic rings. The normalized spacial score (nSPS) is 16.8. The Kier molecular flexibility index (Phi) is 5.60. The van der Waals surface area contributed by atoms with Crippen LogP contribution in [-0.2, 0) is 14.3 Å². The van der Waals surface area contributed by atoms with Crippen LogP contribution in [0.15, 0.2) is 50.7 Å². The van der Waals surface area contributed by atoms with Crippen LogP contribution in [0.3, 0.4) is 0 Å². The van der Waals surface area contributed by atoms with Crippen LogP contribution in [0.25, 0.3) is 0 Å². The molecule has 0 aliphatic carbocycles. The molecule has 25 heavy (non-hydrogen) atoms. The first-order valence-electron chi connectivity index (χ1n) is 7.89. The standard InChI is InChI=1S/C17H18N2O5S/c1-2-22-17(21)11-25-10-16(20)19-13(15-6-4-8-24-15)9-12(18-19)14-5-3-7-23-14/h3-8,13H,2,9-11H2,1H3/t13-/m0/s1. The summed E-state index contributed by atoms with van der Waals surface area (Å²) in [6.45, 7) is 2.08. The van der Waals surface area contributed by atoms with Gasteiger partial charge in [-0.25, -0.2) is 5.01 Å². The van der Waals surface area contributed by atoms with E-state index in [9.17, 15) is 9.59 Å². The summed E-state index contributed by atoms with van der Waals surface area (Å²) in [5.74, 6) is 1.03. The molecular formula is C17H18N2O5S. The molecule has 2 aromatic heterocycles. The zero-order chi connectivity index (χ0) is 17.6. The fourth-order valence-corrected chi connectivity index (χ4v) is 3.18. The first-order chi connectivity index (χ1) is 12.2. The lowest BCUT2D eigenvalue weighted by Crippen LogP contribution is -2.28. The van der Waals surface area contributed by atoms with Gasteiger partial charge in [-0.15, -0.1) is 11.8 Å². The number of hydrogen-bond acceptors (Lipinski definition) is 7. The lowest BCUT2D eigenvalue weighted by atomic mass is 10.1. The molecular weight excluding hydrogens is 344 g/mol. The van der Waals surface area contributed by atoms with Crippen LogP contribution in [0, 0.1) is 0 Å². The summed E-state index contributed by atoms with van der Waals surface area (Å²) in [5, 5.41) is 5.83. The molecule has 1 aliphatic heterocycles. The molecule has 0 N–H and O–H groups in total. The van der Waals surface area contributed by atoms with Crippen LogP contribution in [0.2, 0.25) is 0 Å². The number of hydrogen-bond donors (Lipinski definition) is 0. The second-order valence-electron chi connectivity index (χ2n) is 5.30. The lowest BCUT2D eigenvalue weighted by Gasteiger charge is -2.19. The fourth-order valence-electron chi connectivity index (χ4n) is 2.52. The number of carbonyl (C=O) groups is 2. The Bertz CT molecular complexity index is 739. The molecule has 1 atom stereocenters. The van der Waals surface area contributed by atoms with Crippen LogP contribution in [0.5, 0.6) is 0 Å². The summed E-state index contributed by atoms with van der Waals surface area (Å²) in [5.41, 5.74) is 0.690. The zero-order valence-corrected chi connectivity index (χ0v) is 14.5. The molecule has 7 nitrogen and oxygen atoms in total. The summed E-state index contributed by atoms with van der Waals surface area (Å²) in [7, 11) is 0. The van der Waals surface area contributed by atoms with Crippen molar-refractivity contribution in [2.75, 3.05) is 18.1 Å². The van der Waals surface area contributed by atoms with Crippen molar-refractivity contribution in [1.29, 1.82) is 0 Å². The van der Waals surface area contributed by atoms with E-state index < -0.39 is 0 Å². The van der Waals surface area contributed by atoms with E-state index in [4.69, 9.17) is 13.6 Å². The van der Waals surface area contributed by atoms with Crippen molar-refractivity contribution < 1.29 is 23.2 Å². The van der Waals surface area contributed by atoms with Crippen LogP contribution < -0.4 is 0 Å². The highest BCUT2D eigenvalue weighted by atomic mass is 32.2. The van der Waals surface area contributed by atoms with Gasteiger partial charge in [0.05, 0.1) is 30.6 Å². The number of nitrogens with zero attached hydrogens (tertiary/aromatic N) is 2. The number of rotatable bonds is 7. The smallest absolute Gasteiger partial charge is 0.315 e. The first-order valence-corrected chi connectivity index (χ1v) is 9.04. The molecule has 0 saturated heterocycles. The molecule has 0 bridgehead atoms. The van der Waals surface area contributed by atoms with Crippen molar-refractivity contribution in [2.24, 2.45) is 5.10 Å². The highest BCUT2D eigenvalue weighted by molar-refractivity contribution is 8.00. The minimum absolute atomic E-state index is 0.130. The van der Waals surface area contributed by atoms with Crippen LogP contribution >= 0.6 is 11.8 Å². The number of furan rings is 2. The molecule has 1 aliphatic rings. The molecule has 3 heterocycles. The molecule has 132 valence electrons. The van der Waals surface area contributed by atoms with Crippen molar-refractivity contribution >= 4 is 29.4 Å². The van der Waals surface area contributed by atoms with Gasteiger partial charge in [-0.3, -0.25) is 9.59 Å². The van der Waals surface area contributed by atoms with Crippen molar-refractivity contribution in [1.82, 2.24) is 5.01 Å². The van der Waals surface area contributed by atoms with E-state index in [0.717, 1.165) is 0 Å². The Balaban J connectivity index is 1.68. The number of thioether (sulfide) groups is 1. The topological polar surface area (TPSA) is 85.3 Å². The second kappa shape index (κ2) is 8.06. The van der Waals surface area contributed by atoms with Gasteiger partial charge in [-0.2, -0.15) is 5.10 Å². The van der Waals surface area contributed by atoms with Crippen LogP contribution in [0.1, 0.15) is 30.9 Å². The monoisotopic (exact) mass is 362 g/mol. The van der Waals surface area contributed by atoms with E-state index in [1.807, 2.05) is 12.1 Å². The summed E-state index contributed by atoms with van der Waals surface area (Å²) < 4.78 is 15.7. The Morgan fingerprint density at radius 1 is 1.28 bits per heavy atom. The number of esters is 1. The molecule has 0 aromatic carbocycles. The zero-order valence-electron chi connectivity index (χ0n) is 13.7. The Morgan fingerprint density at radius 3 is 2.76 bits per heavy atom. The van der Waals surface area contributed by atoms with Gasteiger partial charge < -0.3 is 13.6 Å². The third-order valence-corrected chi connectivity index (χ3v) is 4.48. The van der Waals surface area contributed by atoms with E-state index in [2.05, 4.69) is 5.10 Å². The maximum absolute atomic E-state index is 12.6. The van der Waals surface area contributed by atoms with Gasteiger partial charge in [0.25, 0.3) is 5.91 Å². The molecule has 3 rings (SSSR count). The fraction of sp³-hybridized carbons (Fsp3) is 0.353. The predicted molar refractivity (Wildman–Crippen MR) is 92.1 cm³/mol. The van der Waals surface area contributed by atoms with Gasteiger partial charge >= 0.3 is 5.97 Å². The van der Waals surface area contributed by atoms with E-state index in [-0.39, 0.29) is 29.4 Å². The van der Waals surface area contributed by atoms with Crippen LogP contribution in [0.4, 0.5) is 0 Å². The number of amides is 1. The quantitative estimate of drug-likeness (QED) is 0.704. The molecule has 0 fully saturated rings. The molecule has 0 radical (unpaired) electrons. The van der Waals surface area contributed by atoms with Gasteiger partial charge in [0.2, 0.25) is 0 Å². The summed E-state index contributed by atoms with van der Waals surface area (Å²) in [6, 6.07) is 6.86. The predicted octanol–water partition coefficient (Wildman–Crippen LogP) is 2.85. The molecule has 0 spiro atoms. The van der Waals surface area contributed by atoms with E-state index >= 15 is 0 Å². The average Bonchev–Trinajstić information content (AvgIpc) is 3.33. The van der Waals surface area contributed by atoms with E-state index in [1.165, 1.54) is 16.8 Å². The van der Waals surface area contributed by atoms with Crippen molar-refractivity contribution in [2.45, 2.75) is 19.4 Å². The summed E-state index contributed by atoms with van der Waals surface area (Å²) in [6.07, 6.45) is 3.65. The van der Waals surface area contributed by atoms with E-state index in [0.29, 0.717) is 30.3 Å².